The molecule has 0 aliphatic heterocycles. The minimum atomic E-state index is 0.507. The van der Waals surface area contributed by atoms with E-state index in [2.05, 4.69) is 39.5 Å². The molecule has 0 amide bonds. The zero-order chi connectivity index (χ0) is 15.8. The molecule has 21 heavy (non-hydrogen) atoms. The first-order valence-electron chi connectivity index (χ1n) is 9.76. The van der Waals surface area contributed by atoms with Crippen molar-refractivity contribution in [1.82, 2.24) is 0 Å². The topological polar surface area (TPSA) is 0 Å². The molecule has 0 heterocycles. The molecule has 0 aromatic rings. The molecule has 0 aromatic carbocycles. The maximum atomic E-state index is 2.45. The van der Waals surface area contributed by atoms with Crippen LogP contribution in [0.5, 0.6) is 0 Å². The van der Waals surface area contributed by atoms with Gasteiger partial charge in [-0.1, -0.05) is 105 Å². The molecule has 0 N–H and O–H groups in total. The summed E-state index contributed by atoms with van der Waals surface area (Å²) in [5, 5.41) is 0. The third-order valence-electron chi connectivity index (χ3n) is 4.37. The van der Waals surface area contributed by atoms with Gasteiger partial charge in [0, 0.05) is 4.75 Å². The van der Waals surface area contributed by atoms with Gasteiger partial charge in [-0.05, 0) is 18.6 Å². The van der Waals surface area contributed by atoms with E-state index >= 15 is 0 Å². The van der Waals surface area contributed by atoms with Crippen molar-refractivity contribution in [3.63, 3.8) is 0 Å². The molecule has 0 atom stereocenters. The number of hydrogen-bond donors (Lipinski definition) is 0. The first-order chi connectivity index (χ1) is 10.1. The van der Waals surface area contributed by atoms with E-state index in [-0.39, 0.29) is 0 Å². The van der Waals surface area contributed by atoms with Gasteiger partial charge in [0.2, 0.25) is 0 Å². The van der Waals surface area contributed by atoms with Gasteiger partial charge in [-0.2, -0.15) is 11.8 Å². The number of hydrogen-bond acceptors (Lipinski definition) is 1. The van der Waals surface area contributed by atoms with Gasteiger partial charge in [-0.3, -0.25) is 0 Å². The summed E-state index contributed by atoms with van der Waals surface area (Å²) in [5.74, 6) is 1.37. The quantitative estimate of drug-likeness (QED) is 0.260. The monoisotopic (exact) mass is 314 g/mol. The molecule has 0 spiro atoms. The van der Waals surface area contributed by atoms with E-state index < -0.39 is 0 Å². The molecule has 0 unspecified atom stereocenters. The van der Waals surface area contributed by atoms with Gasteiger partial charge < -0.3 is 0 Å². The van der Waals surface area contributed by atoms with E-state index in [1.165, 1.54) is 95.6 Å². The van der Waals surface area contributed by atoms with Crippen molar-refractivity contribution in [2.45, 2.75) is 122 Å². The summed E-state index contributed by atoms with van der Waals surface area (Å²) in [6, 6.07) is 0. The normalized spacial score (nSPS) is 12.0. The third-order valence-corrected chi connectivity index (χ3v) is 5.85. The number of unbranched alkanes of at least 4 members (excludes halogenated alkanes) is 11. The Bertz CT molecular complexity index is 178. The van der Waals surface area contributed by atoms with Crippen LogP contribution in [0.2, 0.25) is 0 Å². The molecule has 1 heteroatoms. The van der Waals surface area contributed by atoms with Crippen molar-refractivity contribution in [2.75, 3.05) is 5.75 Å². The SMILES string of the molecule is CCCCCCCCCC(C)(C)SCCCCCCCC. The van der Waals surface area contributed by atoms with Crippen LogP contribution in [0.1, 0.15) is 118 Å². The van der Waals surface area contributed by atoms with Crippen LogP contribution >= 0.6 is 11.8 Å². The Morgan fingerprint density at radius 3 is 1.52 bits per heavy atom. The smallest absolute Gasteiger partial charge is 0.0103 e. The van der Waals surface area contributed by atoms with Crippen molar-refractivity contribution in [3.8, 4) is 0 Å². The lowest BCUT2D eigenvalue weighted by molar-refractivity contribution is 0.536. The molecule has 0 aromatic heterocycles. The minimum absolute atomic E-state index is 0.507. The molecule has 0 radical (unpaired) electrons. The molecule has 0 bridgehead atoms. The van der Waals surface area contributed by atoms with Crippen molar-refractivity contribution in [2.24, 2.45) is 0 Å². The number of thioether (sulfide) groups is 1. The fourth-order valence-corrected chi connectivity index (χ4v) is 4.00. The summed E-state index contributed by atoms with van der Waals surface area (Å²) < 4.78 is 0.507. The second-order valence-electron chi connectivity index (χ2n) is 7.25. The van der Waals surface area contributed by atoms with Crippen LogP contribution in [0.3, 0.4) is 0 Å². The predicted molar refractivity (Wildman–Crippen MR) is 103 cm³/mol. The van der Waals surface area contributed by atoms with Crippen molar-refractivity contribution < 1.29 is 0 Å². The maximum Gasteiger partial charge on any atom is 0.0103 e. The Morgan fingerprint density at radius 1 is 0.571 bits per heavy atom. The van der Waals surface area contributed by atoms with Gasteiger partial charge >= 0.3 is 0 Å². The standard InChI is InChI=1S/C20H42S/c1-5-7-9-11-13-14-16-18-20(3,4)21-19-17-15-12-10-8-6-2/h5-19H2,1-4H3. The second kappa shape index (κ2) is 15.3. The van der Waals surface area contributed by atoms with E-state index in [4.69, 9.17) is 0 Å². The van der Waals surface area contributed by atoms with Crippen LogP contribution in [0.4, 0.5) is 0 Å². The van der Waals surface area contributed by atoms with Crippen molar-refractivity contribution in [3.05, 3.63) is 0 Å². The first-order valence-corrected chi connectivity index (χ1v) is 10.7. The molecule has 0 rings (SSSR count). The zero-order valence-electron chi connectivity index (χ0n) is 15.5. The molecule has 0 fully saturated rings. The van der Waals surface area contributed by atoms with Gasteiger partial charge in [0.05, 0.1) is 0 Å². The molecule has 0 aliphatic rings. The van der Waals surface area contributed by atoms with E-state index in [1.807, 2.05) is 0 Å². The molecular weight excluding hydrogens is 272 g/mol. The average Bonchev–Trinajstić information content (AvgIpc) is 2.45. The largest absolute Gasteiger partial charge is 0.156 e. The highest BCUT2D eigenvalue weighted by Gasteiger charge is 2.17. The molecular formula is C20H42S. The highest BCUT2D eigenvalue weighted by Crippen LogP contribution is 2.31. The third kappa shape index (κ3) is 16.5. The van der Waals surface area contributed by atoms with E-state index in [1.54, 1.807) is 0 Å². The second-order valence-corrected chi connectivity index (χ2v) is 9.05. The van der Waals surface area contributed by atoms with Gasteiger partial charge in [0.25, 0.3) is 0 Å². The Balaban J connectivity index is 3.35. The lowest BCUT2D eigenvalue weighted by Gasteiger charge is -2.24. The van der Waals surface area contributed by atoms with E-state index in [0.717, 1.165) is 0 Å². The summed E-state index contributed by atoms with van der Waals surface area (Å²) in [5.41, 5.74) is 0. The lowest BCUT2D eigenvalue weighted by atomic mass is 10.0. The van der Waals surface area contributed by atoms with Crippen LogP contribution in [0.25, 0.3) is 0 Å². The molecule has 0 nitrogen and oxygen atoms in total. The highest BCUT2D eigenvalue weighted by atomic mass is 32.2. The van der Waals surface area contributed by atoms with Crippen LogP contribution in [-0.4, -0.2) is 10.5 Å². The maximum absolute atomic E-state index is 2.45. The first kappa shape index (κ1) is 21.4. The Labute approximate surface area is 140 Å². The Hall–Kier alpha value is 0.350. The summed E-state index contributed by atoms with van der Waals surface area (Å²) >= 11 is 2.21. The average molecular weight is 315 g/mol. The van der Waals surface area contributed by atoms with Crippen LogP contribution < -0.4 is 0 Å². The summed E-state index contributed by atoms with van der Waals surface area (Å²) in [7, 11) is 0. The van der Waals surface area contributed by atoms with Gasteiger partial charge in [-0.25, -0.2) is 0 Å². The zero-order valence-corrected chi connectivity index (χ0v) is 16.3. The Morgan fingerprint density at radius 2 is 1.00 bits per heavy atom. The lowest BCUT2D eigenvalue weighted by Crippen LogP contribution is -2.15. The fraction of sp³-hybridized carbons (Fsp3) is 1.00. The van der Waals surface area contributed by atoms with E-state index in [9.17, 15) is 0 Å². The minimum Gasteiger partial charge on any atom is -0.156 e. The van der Waals surface area contributed by atoms with Gasteiger partial charge in [0.1, 0.15) is 0 Å². The van der Waals surface area contributed by atoms with Crippen molar-refractivity contribution >= 4 is 11.8 Å². The fourth-order valence-electron chi connectivity index (χ4n) is 2.81. The highest BCUT2D eigenvalue weighted by molar-refractivity contribution is 8.00. The number of rotatable bonds is 16. The van der Waals surface area contributed by atoms with E-state index in [0.29, 0.717) is 4.75 Å². The molecule has 0 aliphatic carbocycles. The van der Waals surface area contributed by atoms with Crippen molar-refractivity contribution in [1.29, 1.82) is 0 Å². The molecule has 0 saturated carbocycles. The van der Waals surface area contributed by atoms with Crippen LogP contribution in [0, 0.1) is 0 Å². The van der Waals surface area contributed by atoms with Crippen LogP contribution in [0.15, 0.2) is 0 Å². The summed E-state index contributed by atoms with van der Waals surface area (Å²) in [4.78, 5) is 0. The summed E-state index contributed by atoms with van der Waals surface area (Å²) in [6.45, 7) is 9.49. The van der Waals surface area contributed by atoms with Crippen LogP contribution in [-0.2, 0) is 0 Å². The predicted octanol–water partition coefficient (Wildman–Crippen LogP) is 8.00. The Kier molecular flexibility index (Phi) is 15.5. The van der Waals surface area contributed by atoms with Gasteiger partial charge in [0.15, 0.2) is 0 Å². The molecule has 0 saturated heterocycles. The molecule has 128 valence electrons. The summed E-state index contributed by atoms with van der Waals surface area (Å²) in [6.07, 6.45) is 20.0. The van der Waals surface area contributed by atoms with Gasteiger partial charge in [-0.15, -0.1) is 0 Å².